The Balaban J connectivity index is 1.32. The molecule has 2 aliphatic heterocycles. The smallest absolute Gasteiger partial charge is 0.229 e. The van der Waals surface area contributed by atoms with Crippen LogP contribution in [0.5, 0.6) is 0 Å². The molecule has 0 spiro atoms. The maximum absolute atomic E-state index is 4.81. The number of hydrogen-bond donors (Lipinski definition) is 1. The number of anilines is 5. The van der Waals surface area contributed by atoms with Crippen molar-refractivity contribution in [3.63, 3.8) is 0 Å². The first-order valence-electron chi connectivity index (χ1n) is 11.0. The molecule has 3 heterocycles. The van der Waals surface area contributed by atoms with Crippen LogP contribution < -0.4 is 15.1 Å². The van der Waals surface area contributed by atoms with Crippen LogP contribution in [0.3, 0.4) is 0 Å². The number of nitrogens with zero attached hydrogens (tertiary/aromatic N) is 4. The second-order valence-corrected chi connectivity index (χ2v) is 8.63. The van der Waals surface area contributed by atoms with E-state index in [0.717, 1.165) is 36.9 Å². The van der Waals surface area contributed by atoms with Crippen molar-refractivity contribution in [1.82, 2.24) is 9.97 Å². The Labute approximate surface area is 178 Å². The van der Waals surface area contributed by atoms with Crippen LogP contribution in [-0.2, 0) is 6.42 Å². The van der Waals surface area contributed by atoms with Crippen LogP contribution in [0.25, 0.3) is 0 Å². The Morgan fingerprint density at radius 3 is 2.50 bits per heavy atom. The number of piperidine rings is 1. The number of para-hydroxylation sites is 1. The average Bonchev–Trinajstić information content (AvgIpc) is 3.11. The fraction of sp³-hybridized carbons (Fsp3) is 0.360. The standard InChI is InChI=1S/C25H29N5/c1-18-12-15-29(16-13-18)22-9-7-21(8-10-22)27-25-26-14-11-24(28-25)30-19(2)17-20-5-3-4-6-23(20)30/h3-11,14,18-19H,12-13,15-17H2,1-2H3,(H,26,27,28). The second-order valence-electron chi connectivity index (χ2n) is 8.63. The second kappa shape index (κ2) is 7.98. The number of hydrogen-bond acceptors (Lipinski definition) is 5. The van der Waals surface area contributed by atoms with Gasteiger partial charge in [0, 0.05) is 42.4 Å². The van der Waals surface area contributed by atoms with E-state index in [9.17, 15) is 0 Å². The first-order chi connectivity index (χ1) is 14.7. The van der Waals surface area contributed by atoms with Crippen molar-refractivity contribution >= 4 is 28.8 Å². The van der Waals surface area contributed by atoms with Crippen molar-refractivity contribution in [2.45, 2.75) is 39.2 Å². The molecule has 2 aliphatic rings. The third kappa shape index (κ3) is 3.72. The zero-order chi connectivity index (χ0) is 20.5. The van der Waals surface area contributed by atoms with E-state index < -0.39 is 0 Å². The summed E-state index contributed by atoms with van der Waals surface area (Å²) in [5.41, 5.74) is 4.93. The van der Waals surface area contributed by atoms with Crippen LogP contribution in [0.2, 0.25) is 0 Å². The van der Waals surface area contributed by atoms with E-state index in [2.05, 4.69) is 82.5 Å². The minimum absolute atomic E-state index is 0.386. The van der Waals surface area contributed by atoms with Crippen LogP contribution in [0.4, 0.5) is 28.8 Å². The van der Waals surface area contributed by atoms with Crippen molar-refractivity contribution in [2.24, 2.45) is 5.92 Å². The SMILES string of the molecule is CC1CCN(c2ccc(Nc3nccc(N4c5ccccc5CC4C)n3)cc2)CC1. The molecule has 2 aromatic carbocycles. The molecule has 5 nitrogen and oxygen atoms in total. The third-order valence-corrected chi connectivity index (χ3v) is 6.37. The molecule has 1 saturated heterocycles. The van der Waals surface area contributed by atoms with Crippen LogP contribution in [0.15, 0.2) is 60.8 Å². The molecule has 5 heteroatoms. The van der Waals surface area contributed by atoms with Gasteiger partial charge in [-0.15, -0.1) is 0 Å². The number of benzene rings is 2. The van der Waals surface area contributed by atoms with Crippen LogP contribution in [-0.4, -0.2) is 29.1 Å². The number of rotatable bonds is 4. The van der Waals surface area contributed by atoms with E-state index >= 15 is 0 Å². The molecule has 30 heavy (non-hydrogen) atoms. The van der Waals surface area contributed by atoms with Crippen molar-refractivity contribution in [3.05, 3.63) is 66.4 Å². The molecule has 0 bridgehead atoms. The van der Waals surface area contributed by atoms with E-state index in [1.165, 1.54) is 29.8 Å². The maximum Gasteiger partial charge on any atom is 0.229 e. The van der Waals surface area contributed by atoms with Gasteiger partial charge in [-0.1, -0.05) is 25.1 Å². The highest BCUT2D eigenvalue weighted by Gasteiger charge is 2.27. The Morgan fingerprint density at radius 2 is 1.70 bits per heavy atom. The first-order valence-corrected chi connectivity index (χ1v) is 11.0. The molecule has 0 aliphatic carbocycles. The topological polar surface area (TPSA) is 44.3 Å². The lowest BCUT2D eigenvalue weighted by Gasteiger charge is -2.32. The van der Waals surface area contributed by atoms with E-state index in [0.29, 0.717) is 12.0 Å². The summed E-state index contributed by atoms with van der Waals surface area (Å²) in [6, 6.07) is 19.6. The van der Waals surface area contributed by atoms with Gasteiger partial charge in [0.1, 0.15) is 5.82 Å². The summed E-state index contributed by atoms with van der Waals surface area (Å²) >= 11 is 0. The number of nitrogens with one attached hydrogen (secondary N) is 1. The molecule has 1 N–H and O–H groups in total. The van der Waals surface area contributed by atoms with E-state index in [4.69, 9.17) is 4.98 Å². The van der Waals surface area contributed by atoms with Crippen LogP contribution >= 0.6 is 0 Å². The van der Waals surface area contributed by atoms with Gasteiger partial charge < -0.3 is 15.1 Å². The zero-order valence-electron chi connectivity index (χ0n) is 17.8. The van der Waals surface area contributed by atoms with Gasteiger partial charge in [-0.2, -0.15) is 4.98 Å². The predicted octanol–water partition coefficient (Wildman–Crippen LogP) is 5.54. The van der Waals surface area contributed by atoms with Crippen molar-refractivity contribution in [1.29, 1.82) is 0 Å². The van der Waals surface area contributed by atoms with Crippen molar-refractivity contribution in [2.75, 3.05) is 28.2 Å². The first kappa shape index (κ1) is 18.9. The Hall–Kier alpha value is -3.08. The summed E-state index contributed by atoms with van der Waals surface area (Å²) in [6.45, 7) is 6.89. The van der Waals surface area contributed by atoms with Gasteiger partial charge in [-0.05, 0) is 74.1 Å². The van der Waals surface area contributed by atoms with Gasteiger partial charge in [0.2, 0.25) is 5.95 Å². The molecule has 0 radical (unpaired) electrons. The lowest BCUT2D eigenvalue weighted by Crippen LogP contribution is -2.32. The quantitative estimate of drug-likeness (QED) is 0.624. The average molecular weight is 400 g/mol. The molecule has 154 valence electrons. The van der Waals surface area contributed by atoms with Gasteiger partial charge in [-0.25, -0.2) is 4.98 Å². The highest BCUT2D eigenvalue weighted by atomic mass is 15.3. The molecule has 0 amide bonds. The summed E-state index contributed by atoms with van der Waals surface area (Å²) < 4.78 is 0. The van der Waals surface area contributed by atoms with Crippen molar-refractivity contribution < 1.29 is 0 Å². The minimum Gasteiger partial charge on any atom is -0.372 e. The minimum atomic E-state index is 0.386. The molecular weight excluding hydrogens is 370 g/mol. The summed E-state index contributed by atoms with van der Waals surface area (Å²) in [4.78, 5) is 14.0. The number of aromatic nitrogens is 2. The fourth-order valence-electron chi connectivity index (χ4n) is 4.61. The summed E-state index contributed by atoms with van der Waals surface area (Å²) in [5.74, 6) is 2.41. The highest BCUT2D eigenvalue weighted by molar-refractivity contribution is 5.69. The van der Waals surface area contributed by atoms with Gasteiger partial charge in [0.05, 0.1) is 0 Å². The third-order valence-electron chi connectivity index (χ3n) is 6.37. The number of fused-ring (bicyclic) bond motifs is 1. The van der Waals surface area contributed by atoms with E-state index in [1.807, 2.05) is 12.3 Å². The summed E-state index contributed by atoms with van der Waals surface area (Å²) in [5, 5.41) is 3.38. The lowest BCUT2D eigenvalue weighted by atomic mass is 9.99. The van der Waals surface area contributed by atoms with Crippen LogP contribution in [0.1, 0.15) is 32.3 Å². The Bertz CT molecular complexity index is 1010. The Morgan fingerprint density at radius 1 is 0.933 bits per heavy atom. The molecular formula is C25H29N5. The lowest BCUT2D eigenvalue weighted by molar-refractivity contribution is 0.438. The molecule has 3 aromatic rings. The maximum atomic E-state index is 4.81. The monoisotopic (exact) mass is 399 g/mol. The Kier molecular flexibility index (Phi) is 5.03. The predicted molar refractivity (Wildman–Crippen MR) is 124 cm³/mol. The molecule has 0 saturated carbocycles. The highest BCUT2D eigenvalue weighted by Crippen LogP contribution is 2.37. The molecule has 5 rings (SSSR count). The fourth-order valence-corrected chi connectivity index (χ4v) is 4.61. The molecule has 1 aromatic heterocycles. The summed E-state index contributed by atoms with van der Waals surface area (Å²) in [7, 11) is 0. The normalized spacial score (nSPS) is 19.1. The van der Waals surface area contributed by atoms with Gasteiger partial charge in [0.25, 0.3) is 0 Å². The molecule has 1 atom stereocenters. The van der Waals surface area contributed by atoms with Gasteiger partial charge >= 0.3 is 0 Å². The zero-order valence-corrected chi connectivity index (χ0v) is 17.8. The van der Waals surface area contributed by atoms with Crippen LogP contribution in [0, 0.1) is 5.92 Å². The van der Waals surface area contributed by atoms with E-state index in [-0.39, 0.29) is 0 Å². The largest absolute Gasteiger partial charge is 0.372 e. The van der Waals surface area contributed by atoms with E-state index in [1.54, 1.807) is 0 Å². The summed E-state index contributed by atoms with van der Waals surface area (Å²) in [6.07, 6.45) is 5.43. The van der Waals surface area contributed by atoms with Crippen molar-refractivity contribution in [3.8, 4) is 0 Å². The molecule has 1 fully saturated rings. The molecule has 1 unspecified atom stereocenters. The van der Waals surface area contributed by atoms with Gasteiger partial charge in [0.15, 0.2) is 0 Å². The van der Waals surface area contributed by atoms with Gasteiger partial charge in [-0.3, -0.25) is 0 Å².